The molecule has 1 N–H and O–H groups in total. The Kier molecular flexibility index (Phi) is 8.99. The van der Waals surface area contributed by atoms with E-state index in [-0.39, 0.29) is 12.5 Å². The molecule has 0 radical (unpaired) electrons. The molecule has 0 aliphatic rings. The van der Waals surface area contributed by atoms with E-state index in [0.717, 1.165) is 11.1 Å². The topological polar surface area (TPSA) is 56.8 Å². The molecule has 5 heteroatoms. The van der Waals surface area contributed by atoms with Gasteiger partial charge in [0, 0.05) is 19.6 Å². The minimum atomic E-state index is -1.09. The van der Waals surface area contributed by atoms with Crippen molar-refractivity contribution in [2.24, 2.45) is 0 Å². The van der Waals surface area contributed by atoms with E-state index in [9.17, 15) is 4.79 Å². The summed E-state index contributed by atoms with van der Waals surface area (Å²) in [5.74, 6) is 3.45. The fourth-order valence-corrected chi connectivity index (χ4v) is 3.28. The van der Waals surface area contributed by atoms with Crippen LogP contribution in [-0.4, -0.2) is 32.8 Å². The second-order valence-corrected chi connectivity index (χ2v) is 6.60. The molecule has 2 rings (SSSR count). The highest BCUT2D eigenvalue weighted by molar-refractivity contribution is 5.86. The van der Waals surface area contributed by atoms with Crippen LogP contribution >= 0.6 is 0 Å². The van der Waals surface area contributed by atoms with Gasteiger partial charge in [0.15, 0.2) is 17.1 Å². The Bertz CT molecular complexity index is 872. The third kappa shape index (κ3) is 5.65. The molecule has 0 saturated heterocycles. The number of hydrogen-bond donors (Lipinski definition) is 1. The molecule has 0 aliphatic carbocycles. The van der Waals surface area contributed by atoms with Crippen molar-refractivity contribution >= 4 is 5.91 Å². The predicted molar refractivity (Wildman–Crippen MR) is 119 cm³/mol. The maximum absolute atomic E-state index is 13.2. The van der Waals surface area contributed by atoms with Crippen LogP contribution in [0.25, 0.3) is 0 Å². The fourth-order valence-electron chi connectivity index (χ4n) is 3.28. The van der Waals surface area contributed by atoms with E-state index in [1.54, 1.807) is 13.2 Å². The smallest absolute Gasteiger partial charge is 0.257 e. The van der Waals surface area contributed by atoms with Gasteiger partial charge in [-0.25, -0.2) is 0 Å². The van der Waals surface area contributed by atoms with Crippen LogP contribution in [0.3, 0.4) is 0 Å². The molecule has 1 unspecified atom stereocenters. The molecule has 5 nitrogen and oxygen atoms in total. The van der Waals surface area contributed by atoms with E-state index in [0.29, 0.717) is 37.5 Å². The van der Waals surface area contributed by atoms with E-state index in [2.05, 4.69) is 17.8 Å². The van der Waals surface area contributed by atoms with Gasteiger partial charge in [0.25, 0.3) is 5.91 Å². The minimum absolute atomic E-state index is 0.175. The lowest BCUT2D eigenvalue weighted by atomic mass is 9.89. The lowest BCUT2D eigenvalue weighted by Gasteiger charge is -2.32. The second kappa shape index (κ2) is 11.7. The lowest BCUT2D eigenvalue weighted by Crippen LogP contribution is -2.47. The highest BCUT2D eigenvalue weighted by Crippen LogP contribution is 2.31. The average Bonchev–Trinajstić information content (AvgIpc) is 2.78. The van der Waals surface area contributed by atoms with Gasteiger partial charge in [0.1, 0.15) is 6.61 Å². The van der Waals surface area contributed by atoms with Crippen molar-refractivity contribution in [2.75, 3.05) is 26.9 Å². The van der Waals surface area contributed by atoms with Crippen molar-refractivity contribution in [2.45, 2.75) is 25.4 Å². The molecule has 0 spiro atoms. The van der Waals surface area contributed by atoms with Crippen molar-refractivity contribution in [3.8, 4) is 23.8 Å². The molecule has 0 bridgehead atoms. The maximum Gasteiger partial charge on any atom is 0.257 e. The first kappa shape index (κ1) is 23.1. The van der Waals surface area contributed by atoms with Crippen molar-refractivity contribution in [1.29, 1.82) is 0 Å². The molecule has 0 aliphatic heterocycles. The molecule has 0 aromatic heterocycles. The van der Waals surface area contributed by atoms with Gasteiger partial charge in [-0.1, -0.05) is 48.4 Å². The van der Waals surface area contributed by atoms with Gasteiger partial charge in [0.05, 0.1) is 7.11 Å². The van der Waals surface area contributed by atoms with Crippen LogP contribution < -0.4 is 14.8 Å². The number of ether oxygens (including phenoxy) is 3. The molecule has 1 atom stereocenters. The standard InChI is InChI=1S/C25H29NO4/c1-5-16-25(30-7-3,21-11-9-8-10-12-21)24(27)26-17-15-20-13-14-22(29-18-6-2)23(19-20)28-4/h2,5,8-14,19H,1,7,15-18H2,3-4H3,(H,26,27). The van der Waals surface area contributed by atoms with Gasteiger partial charge in [-0.15, -0.1) is 13.0 Å². The summed E-state index contributed by atoms with van der Waals surface area (Å²) >= 11 is 0. The number of carbonyl (C=O) groups excluding carboxylic acids is 1. The minimum Gasteiger partial charge on any atom is -0.493 e. The molecule has 1 amide bonds. The van der Waals surface area contributed by atoms with Crippen molar-refractivity contribution in [3.63, 3.8) is 0 Å². The summed E-state index contributed by atoms with van der Waals surface area (Å²) in [5.41, 5.74) is 0.717. The van der Waals surface area contributed by atoms with E-state index in [1.807, 2.05) is 55.5 Å². The summed E-state index contributed by atoms with van der Waals surface area (Å²) in [5, 5.41) is 3.02. The summed E-state index contributed by atoms with van der Waals surface area (Å²) in [4.78, 5) is 13.2. The fraction of sp³-hybridized carbons (Fsp3) is 0.320. The number of amides is 1. The highest BCUT2D eigenvalue weighted by Gasteiger charge is 2.39. The monoisotopic (exact) mass is 407 g/mol. The SMILES string of the molecule is C#CCOc1ccc(CCNC(=O)C(CC=C)(OCC)c2ccccc2)cc1OC. The predicted octanol–water partition coefficient (Wildman–Crippen LogP) is 3.87. The van der Waals surface area contributed by atoms with Gasteiger partial charge >= 0.3 is 0 Å². The van der Waals surface area contributed by atoms with Crippen LogP contribution in [0.5, 0.6) is 11.5 Å². The number of benzene rings is 2. The van der Waals surface area contributed by atoms with E-state index in [4.69, 9.17) is 20.6 Å². The van der Waals surface area contributed by atoms with Crippen LogP contribution in [0.4, 0.5) is 0 Å². The summed E-state index contributed by atoms with van der Waals surface area (Å²) < 4.78 is 16.8. The molecule has 30 heavy (non-hydrogen) atoms. The normalized spacial score (nSPS) is 12.3. The zero-order valence-electron chi connectivity index (χ0n) is 17.6. The molecular formula is C25H29NO4. The molecular weight excluding hydrogens is 378 g/mol. The second-order valence-electron chi connectivity index (χ2n) is 6.60. The Labute approximate surface area is 179 Å². The number of hydrogen-bond acceptors (Lipinski definition) is 4. The number of methoxy groups -OCH3 is 1. The van der Waals surface area contributed by atoms with Crippen LogP contribution in [0.15, 0.2) is 61.2 Å². The first-order valence-corrected chi connectivity index (χ1v) is 9.93. The average molecular weight is 408 g/mol. The molecule has 2 aromatic carbocycles. The van der Waals surface area contributed by atoms with Crippen LogP contribution in [0, 0.1) is 12.3 Å². The third-order valence-electron chi connectivity index (χ3n) is 4.67. The van der Waals surface area contributed by atoms with Crippen LogP contribution in [0.1, 0.15) is 24.5 Å². The molecule has 0 saturated carbocycles. The molecule has 158 valence electrons. The first-order valence-electron chi connectivity index (χ1n) is 9.93. The zero-order valence-corrected chi connectivity index (χ0v) is 17.6. The zero-order chi connectivity index (χ0) is 21.8. The van der Waals surface area contributed by atoms with Gasteiger partial charge in [0.2, 0.25) is 0 Å². The van der Waals surface area contributed by atoms with Gasteiger partial charge in [-0.05, 0) is 36.6 Å². The quantitative estimate of drug-likeness (QED) is 0.429. The van der Waals surface area contributed by atoms with E-state index >= 15 is 0 Å². The van der Waals surface area contributed by atoms with E-state index in [1.165, 1.54) is 0 Å². The van der Waals surface area contributed by atoms with Crippen LogP contribution in [0.2, 0.25) is 0 Å². The summed E-state index contributed by atoms with van der Waals surface area (Å²) in [7, 11) is 1.58. The summed E-state index contributed by atoms with van der Waals surface area (Å²) in [6, 6.07) is 15.1. The van der Waals surface area contributed by atoms with Gasteiger partial charge < -0.3 is 19.5 Å². The Morgan fingerprint density at radius 3 is 2.63 bits per heavy atom. The Morgan fingerprint density at radius 2 is 2.00 bits per heavy atom. The summed E-state index contributed by atoms with van der Waals surface area (Å²) in [6.07, 6.45) is 7.96. The maximum atomic E-state index is 13.2. The molecule has 2 aromatic rings. The Morgan fingerprint density at radius 1 is 1.23 bits per heavy atom. The molecule has 0 heterocycles. The number of terminal acetylenes is 1. The number of carbonyl (C=O) groups is 1. The lowest BCUT2D eigenvalue weighted by molar-refractivity contribution is -0.148. The van der Waals surface area contributed by atoms with Crippen molar-refractivity contribution in [1.82, 2.24) is 5.32 Å². The Balaban J connectivity index is 2.10. The van der Waals surface area contributed by atoms with Crippen LogP contribution in [-0.2, 0) is 21.6 Å². The number of nitrogens with one attached hydrogen (secondary N) is 1. The van der Waals surface area contributed by atoms with E-state index < -0.39 is 5.60 Å². The van der Waals surface area contributed by atoms with Gasteiger partial charge in [-0.3, -0.25) is 4.79 Å². The van der Waals surface area contributed by atoms with Crippen molar-refractivity contribution < 1.29 is 19.0 Å². The molecule has 0 fully saturated rings. The third-order valence-corrected chi connectivity index (χ3v) is 4.67. The first-order chi connectivity index (χ1) is 14.6. The summed E-state index contributed by atoms with van der Waals surface area (Å²) in [6.45, 7) is 6.73. The Hall–Kier alpha value is -3.23. The van der Waals surface area contributed by atoms with Crippen molar-refractivity contribution in [3.05, 3.63) is 72.3 Å². The largest absolute Gasteiger partial charge is 0.493 e. The highest BCUT2D eigenvalue weighted by atomic mass is 16.5. The number of rotatable bonds is 12. The van der Waals surface area contributed by atoms with Gasteiger partial charge in [-0.2, -0.15) is 0 Å².